The van der Waals surface area contributed by atoms with Crippen molar-refractivity contribution in [3.63, 3.8) is 0 Å². The van der Waals surface area contributed by atoms with Gasteiger partial charge in [-0.3, -0.25) is 9.59 Å². The molecule has 1 aliphatic heterocycles. The second-order valence-electron chi connectivity index (χ2n) is 5.02. The van der Waals surface area contributed by atoms with Gasteiger partial charge in [-0.15, -0.1) is 0 Å². The third kappa shape index (κ3) is 3.45. The normalized spacial score (nSPS) is 23.5. The summed E-state index contributed by atoms with van der Waals surface area (Å²) < 4.78 is 5.20. The average Bonchev–Trinajstić information content (AvgIpc) is 3.12. The molecule has 2 fully saturated rings. The van der Waals surface area contributed by atoms with Crippen LogP contribution in [0.1, 0.15) is 32.6 Å². The van der Waals surface area contributed by atoms with E-state index in [1.54, 1.807) is 0 Å². The summed E-state index contributed by atoms with van der Waals surface area (Å²) in [6.07, 6.45) is 3.42. The van der Waals surface area contributed by atoms with E-state index in [0.29, 0.717) is 38.8 Å². The first-order chi connectivity index (χ1) is 8.72. The molecule has 0 radical (unpaired) electrons. The molecule has 0 bridgehead atoms. The molecule has 0 spiro atoms. The molecular weight excluding hydrogens is 232 g/mol. The monoisotopic (exact) mass is 254 g/mol. The topological polar surface area (TPSA) is 58.6 Å². The molecule has 0 aromatic carbocycles. The maximum atomic E-state index is 11.9. The van der Waals surface area contributed by atoms with Crippen molar-refractivity contribution in [2.45, 2.75) is 38.6 Å². The molecule has 1 saturated carbocycles. The Bertz CT molecular complexity index is 315. The van der Waals surface area contributed by atoms with Crippen LogP contribution >= 0.6 is 0 Å². The quantitative estimate of drug-likeness (QED) is 0.675. The Morgan fingerprint density at radius 2 is 2.28 bits per heavy atom. The summed E-state index contributed by atoms with van der Waals surface area (Å²) in [6.45, 7) is 4.58. The highest BCUT2D eigenvalue weighted by atomic mass is 16.5. The van der Waals surface area contributed by atoms with E-state index in [4.69, 9.17) is 4.74 Å². The molecule has 102 valence electrons. The number of ether oxygens (including phenoxy) is 1. The summed E-state index contributed by atoms with van der Waals surface area (Å²) in [5.74, 6) is 0.0140. The second-order valence-corrected chi connectivity index (χ2v) is 5.02. The van der Waals surface area contributed by atoms with Gasteiger partial charge in [0.15, 0.2) is 0 Å². The minimum Gasteiger partial charge on any atom is -0.382 e. The Hall–Kier alpha value is -1.10. The summed E-state index contributed by atoms with van der Waals surface area (Å²) in [6, 6.07) is 0.424. The van der Waals surface area contributed by atoms with Crippen LogP contribution in [0.4, 0.5) is 0 Å². The SMILES string of the molecule is CCOCCCNC(=O)[C@@H]1CC(=O)N(C2CC2)C1. The van der Waals surface area contributed by atoms with Gasteiger partial charge in [-0.05, 0) is 26.2 Å². The minimum absolute atomic E-state index is 0.0167. The largest absolute Gasteiger partial charge is 0.382 e. The first kappa shape index (κ1) is 13.3. The molecule has 5 heteroatoms. The number of hydrogen-bond donors (Lipinski definition) is 1. The van der Waals surface area contributed by atoms with Gasteiger partial charge in [0, 0.05) is 38.8 Å². The van der Waals surface area contributed by atoms with Gasteiger partial charge in [0.05, 0.1) is 5.92 Å². The van der Waals surface area contributed by atoms with Gasteiger partial charge in [-0.2, -0.15) is 0 Å². The smallest absolute Gasteiger partial charge is 0.225 e. The van der Waals surface area contributed by atoms with E-state index >= 15 is 0 Å². The van der Waals surface area contributed by atoms with Gasteiger partial charge < -0.3 is 15.0 Å². The fourth-order valence-electron chi connectivity index (χ4n) is 2.32. The maximum Gasteiger partial charge on any atom is 0.225 e. The molecular formula is C13H22N2O3. The number of carbonyl (C=O) groups is 2. The van der Waals surface area contributed by atoms with E-state index in [-0.39, 0.29) is 17.7 Å². The third-order valence-electron chi connectivity index (χ3n) is 3.49. The number of rotatable bonds is 7. The molecule has 0 unspecified atom stereocenters. The van der Waals surface area contributed by atoms with Crippen LogP contribution < -0.4 is 5.32 Å². The van der Waals surface area contributed by atoms with Crippen molar-refractivity contribution in [1.82, 2.24) is 10.2 Å². The number of likely N-dealkylation sites (tertiary alicyclic amines) is 1. The Morgan fingerprint density at radius 3 is 2.94 bits per heavy atom. The number of carbonyl (C=O) groups excluding carboxylic acids is 2. The molecule has 2 aliphatic rings. The van der Waals surface area contributed by atoms with Crippen LogP contribution in [0.15, 0.2) is 0 Å². The van der Waals surface area contributed by atoms with Crippen molar-refractivity contribution in [2.24, 2.45) is 5.92 Å². The van der Waals surface area contributed by atoms with Crippen molar-refractivity contribution in [3.8, 4) is 0 Å². The van der Waals surface area contributed by atoms with E-state index in [2.05, 4.69) is 5.32 Å². The Kier molecular flexibility index (Phi) is 4.58. The number of hydrogen-bond acceptors (Lipinski definition) is 3. The first-order valence-corrected chi connectivity index (χ1v) is 6.87. The van der Waals surface area contributed by atoms with Gasteiger partial charge in [0.1, 0.15) is 0 Å². The van der Waals surface area contributed by atoms with Gasteiger partial charge in [0.25, 0.3) is 0 Å². The predicted molar refractivity (Wildman–Crippen MR) is 67.0 cm³/mol. The lowest BCUT2D eigenvalue weighted by Gasteiger charge is -2.15. The Balaban J connectivity index is 1.65. The van der Waals surface area contributed by atoms with E-state index in [0.717, 1.165) is 19.3 Å². The van der Waals surface area contributed by atoms with Crippen LogP contribution in [-0.4, -0.2) is 49.1 Å². The molecule has 1 heterocycles. The summed E-state index contributed by atoms with van der Waals surface area (Å²) in [5, 5.41) is 2.89. The standard InChI is InChI=1S/C13H22N2O3/c1-2-18-7-3-6-14-13(17)10-8-12(16)15(9-10)11-4-5-11/h10-11H,2-9H2,1H3,(H,14,17)/t10-/m1/s1. The van der Waals surface area contributed by atoms with Crippen molar-refractivity contribution >= 4 is 11.8 Å². The average molecular weight is 254 g/mol. The molecule has 1 aliphatic carbocycles. The zero-order valence-corrected chi connectivity index (χ0v) is 11.0. The number of amides is 2. The fourth-order valence-corrected chi connectivity index (χ4v) is 2.32. The highest BCUT2D eigenvalue weighted by Crippen LogP contribution is 2.32. The zero-order valence-electron chi connectivity index (χ0n) is 11.0. The lowest BCUT2D eigenvalue weighted by Crippen LogP contribution is -2.34. The van der Waals surface area contributed by atoms with Crippen LogP contribution in [0.3, 0.4) is 0 Å². The van der Waals surface area contributed by atoms with E-state index in [1.807, 2.05) is 11.8 Å². The summed E-state index contributed by atoms with van der Waals surface area (Å²) in [5.41, 5.74) is 0. The molecule has 1 atom stereocenters. The van der Waals surface area contributed by atoms with E-state index in [1.165, 1.54) is 0 Å². The Labute approximate surface area is 108 Å². The van der Waals surface area contributed by atoms with Crippen LogP contribution in [0.25, 0.3) is 0 Å². The maximum absolute atomic E-state index is 11.9. The summed E-state index contributed by atoms with van der Waals surface area (Å²) >= 11 is 0. The third-order valence-corrected chi connectivity index (χ3v) is 3.49. The van der Waals surface area contributed by atoms with Crippen LogP contribution in [-0.2, 0) is 14.3 Å². The molecule has 18 heavy (non-hydrogen) atoms. The van der Waals surface area contributed by atoms with Crippen LogP contribution in [0.2, 0.25) is 0 Å². The lowest BCUT2D eigenvalue weighted by atomic mass is 10.1. The molecule has 5 nitrogen and oxygen atoms in total. The van der Waals surface area contributed by atoms with E-state index in [9.17, 15) is 9.59 Å². The van der Waals surface area contributed by atoms with Gasteiger partial charge in [-0.25, -0.2) is 0 Å². The van der Waals surface area contributed by atoms with Crippen LogP contribution in [0, 0.1) is 5.92 Å². The van der Waals surface area contributed by atoms with Crippen molar-refractivity contribution in [2.75, 3.05) is 26.3 Å². The van der Waals surface area contributed by atoms with Gasteiger partial charge in [0.2, 0.25) is 11.8 Å². The second kappa shape index (κ2) is 6.18. The predicted octanol–water partition coefficient (Wildman–Crippen LogP) is 0.540. The van der Waals surface area contributed by atoms with Crippen molar-refractivity contribution in [3.05, 3.63) is 0 Å². The summed E-state index contributed by atoms with van der Waals surface area (Å²) in [4.78, 5) is 25.5. The zero-order chi connectivity index (χ0) is 13.0. The van der Waals surface area contributed by atoms with Gasteiger partial charge in [-0.1, -0.05) is 0 Å². The molecule has 0 aromatic rings. The number of nitrogens with one attached hydrogen (secondary N) is 1. The number of nitrogens with zero attached hydrogens (tertiary/aromatic N) is 1. The highest BCUT2D eigenvalue weighted by Gasteiger charge is 2.41. The van der Waals surface area contributed by atoms with E-state index < -0.39 is 0 Å². The minimum atomic E-state index is -0.148. The van der Waals surface area contributed by atoms with Crippen LogP contribution in [0.5, 0.6) is 0 Å². The molecule has 0 aromatic heterocycles. The first-order valence-electron chi connectivity index (χ1n) is 6.87. The molecule has 2 amide bonds. The molecule has 1 saturated heterocycles. The molecule has 1 N–H and O–H groups in total. The fraction of sp³-hybridized carbons (Fsp3) is 0.846. The highest BCUT2D eigenvalue weighted by molar-refractivity contribution is 5.89. The summed E-state index contributed by atoms with van der Waals surface area (Å²) in [7, 11) is 0. The van der Waals surface area contributed by atoms with Crippen molar-refractivity contribution in [1.29, 1.82) is 0 Å². The molecule has 2 rings (SSSR count). The van der Waals surface area contributed by atoms with Crippen molar-refractivity contribution < 1.29 is 14.3 Å². The Morgan fingerprint density at radius 1 is 1.50 bits per heavy atom. The van der Waals surface area contributed by atoms with Gasteiger partial charge >= 0.3 is 0 Å². The lowest BCUT2D eigenvalue weighted by molar-refractivity contribution is -0.129.